The second-order valence-corrected chi connectivity index (χ2v) is 5.66. The highest BCUT2D eigenvalue weighted by molar-refractivity contribution is 9.10. The molecule has 1 fully saturated rings. The molecule has 1 saturated carbocycles. The van der Waals surface area contributed by atoms with E-state index >= 15 is 0 Å². The van der Waals surface area contributed by atoms with Crippen LogP contribution in [-0.4, -0.2) is 5.91 Å². The van der Waals surface area contributed by atoms with Gasteiger partial charge in [-0.05, 0) is 43.4 Å². The number of halogens is 1. The number of hydrogen-bond donors (Lipinski definition) is 1. The summed E-state index contributed by atoms with van der Waals surface area (Å²) in [6.07, 6.45) is 4.84. The van der Waals surface area contributed by atoms with Crippen LogP contribution in [0.15, 0.2) is 28.7 Å². The van der Waals surface area contributed by atoms with Gasteiger partial charge in [0.2, 0.25) is 5.91 Å². The van der Waals surface area contributed by atoms with Gasteiger partial charge >= 0.3 is 0 Å². The second kappa shape index (κ2) is 5.21. The number of carbonyl (C=O) groups excluding carboxylic acids is 1. The maximum absolute atomic E-state index is 11.8. The van der Waals surface area contributed by atoms with Crippen LogP contribution in [-0.2, 0) is 10.3 Å². The summed E-state index contributed by atoms with van der Waals surface area (Å²) in [5.74, 6) is 0.176. The van der Waals surface area contributed by atoms with Gasteiger partial charge in [-0.15, -0.1) is 0 Å². The molecule has 0 heterocycles. The van der Waals surface area contributed by atoms with E-state index in [1.165, 1.54) is 12.0 Å². The minimum Gasteiger partial charge on any atom is -0.347 e. The molecule has 1 aromatic carbocycles. The predicted octanol–water partition coefficient (Wildman–Crippen LogP) is 3.74. The van der Waals surface area contributed by atoms with Gasteiger partial charge in [-0.2, -0.15) is 0 Å². The molecule has 0 aromatic heterocycles. The zero-order valence-electron chi connectivity index (χ0n) is 10.1. The van der Waals surface area contributed by atoms with E-state index in [4.69, 9.17) is 0 Å². The number of nitrogens with one attached hydrogen (secondary N) is 1. The number of rotatable bonds is 4. The fourth-order valence-electron chi connectivity index (χ4n) is 2.34. The highest BCUT2D eigenvalue weighted by Crippen LogP contribution is 2.41. The first kappa shape index (κ1) is 12.6. The summed E-state index contributed by atoms with van der Waals surface area (Å²) < 4.78 is 1.08. The van der Waals surface area contributed by atoms with E-state index in [1.54, 1.807) is 0 Å². The van der Waals surface area contributed by atoms with E-state index in [9.17, 15) is 4.79 Å². The number of carbonyl (C=O) groups is 1. The first-order valence-corrected chi connectivity index (χ1v) is 7.03. The summed E-state index contributed by atoms with van der Waals surface area (Å²) in [5.41, 5.74) is 1.14. The molecular formula is C14H18BrNO. The standard InChI is InChI=1S/C14H18BrNO/c1-2-4-13(17)16-14(9-3-10-14)11-5-7-12(15)8-6-11/h5-8H,2-4,9-10H2,1H3,(H,16,17). The lowest BCUT2D eigenvalue weighted by Gasteiger charge is -2.43. The van der Waals surface area contributed by atoms with Gasteiger partial charge in [0.25, 0.3) is 0 Å². The van der Waals surface area contributed by atoms with Crippen molar-refractivity contribution in [3.8, 4) is 0 Å². The Labute approximate surface area is 111 Å². The molecule has 0 bridgehead atoms. The highest BCUT2D eigenvalue weighted by atomic mass is 79.9. The Bertz CT molecular complexity index is 395. The third kappa shape index (κ3) is 2.71. The van der Waals surface area contributed by atoms with E-state index in [2.05, 4.69) is 33.4 Å². The van der Waals surface area contributed by atoms with Crippen molar-refractivity contribution < 1.29 is 4.79 Å². The zero-order chi connectivity index (χ0) is 12.3. The molecule has 0 aliphatic heterocycles. The molecule has 0 atom stereocenters. The van der Waals surface area contributed by atoms with Crippen molar-refractivity contribution in [3.05, 3.63) is 34.3 Å². The minimum absolute atomic E-state index is 0.0903. The maximum Gasteiger partial charge on any atom is 0.220 e. The number of hydrogen-bond acceptors (Lipinski definition) is 1. The average molecular weight is 296 g/mol. The molecule has 92 valence electrons. The molecular weight excluding hydrogens is 278 g/mol. The molecule has 1 amide bonds. The van der Waals surface area contributed by atoms with E-state index in [1.807, 2.05) is 19.1 Å². The van der Waals surface area contributed by atoms with E-state index in [0.29, 0.717) is 6.42 Å². The molecule has 1 aromatic rings. The van der Waals surface area contributed by atoms with Gasteiger partial charge in [0.15, 0.2) is 0 Å². The third-order valence-corrected chi connectivity index (χ3v) is 3.99. The molecule has 1 aliphatic carbocycles. The van der Waals surface area contributed by atoms with Crippen molar-refractivity contribution >= 4 is 21.8 Å². The number of amides is 1. The Morgan fingerprint density at radius 1 is 1.35 bits per heavy atom. The predicted molar refractivity (Wildman–Crippen MR) is 72.7 cm³/mol. The van der Waals surface area contributed by atoms with Gasteiger partial charge < -0.3 is 5.32 Å². The van der Waals surface area contributed by atoms with Crippen LogP contribution in [0.5, 0.6) is 0 Å². The van der Waals surface area contributed by atoms with Gasteiger partial charge in [0.05, 0.1) is 5.54 Å². The summed E-state index contributed by atoms with van der Waals surface area (Å²) in [6, 6.07) is 8.30. The molecule has 0 spiro atoms. The largest absolute Gasteiger partial charge is 0.347 e. The van der Waals surface area contributed by atoms with Crippen LogP contribution in [0.4, 0.5) is 0 Å². The summed E-state index contributed by atoms with van der Waals surface area (Å²) in [4.78, 5) is 11.8. The third-order valence-electron chi connectivity index (χ3n) is 3.46. The topological polar surface area (TPSA) is 29.1 Å². The SMILES string of the molecule is CCCC(=O)NC1(c2ccc(Br)cc2)CCC1. The van der Waals surface area contributed by atoms with E-state index in [0.717, 1.165) is 23.7 Å². The number of benzene rings is 1. The van der Waals surface area contributed by atoms with Gasteiger partial charge in [0.1, 0.15) is 0 Å². The molecule has 1 aliphatic rings. The molecule has 0 radical (unpaired) electrons. The summed E-state index contributed by atoms with van der Waals surface area (Å²) in [5, 5.41) is 3.21. The maximum atomic E-state index is 11.8. The van der Waals surface area contributed by atoms with Gasteiger partial charge in [-0.1, -0.05) is 35.0 Å². The van der Waals surface area contributed by atoms with Crippen molar-refractivity contribution in [2.45, 2.75) is 44.6 Å². The first-order chi connectivity index (χ1) is 8.16. The van der Waals surface area contributed by atoms with Gasteiger partial charge in [-0.25, -0.2) is 0 Å². The zero-order valence-corrected chi connectivity index (χ0v) is 11.7. The van der Waals surface area contributed by atoms with Gasteiger partial charge in [0, 0.05) is 10.9 Å². The molecule has 0 saturated heterocycles. The van der Waals surface area contributed by atoms with Crippen LogP contribution >= 0.6 is 15.9 Å². The monoisotopic (exact) mass is 295 g/mol. The van der Waals surface area contributed by atoms with Crippen LogP contribution < -0.4 is 5.32 Å². The van der Waals surface area contributed by atoms with Gasteiger partial charge in [-0.3, -0.25) is 4.79 Å². The Balaban J connectivity index is 2.14. The van der Waals surface area contributed by atoms with E-state index < -0.39 is 0 Å². The molecule has 0 unspecified atom stereocenters. The lowest BCUT2D eigenvalue weighted by atomic mass is 9.71. The van der Waals surface area contributed by atoms with Crippen molar-refractivity contribution in [3.63, 3.8) is 0 Å². The normalized spacial score (nSPS) is 17.3. The summed E-state index contributed by atoms with van der Waals surface area (Å²) in [6.45, 7) is 2.03. The molecule has 2 rings (SSSR count). The molecule has 3 heteroatoms. The van der Waals surface area contributed by atoms with Crippen LogP contribution in [0.25, 0.3) is 0 Å². The fourth-order valence-corrected chi connectivity index (χ4v) is 2.61. The minimum atomic E-state index is -0.0903. The second-order valence-electron chi connectivity index (χ2n) is 4.74. The fraction of sp³-hybridized carbons (Fsp3) is 0.500. The van der Waals surface area contributed by atoms with Crippen molar-refractivity contribution in [1.82, 2.24) is 5.32 Å². The molecule has 17 heavy (non-hydrogen) atoms. The first-order valence-electron chi connectivity index (χ1n) is 6.23. The lowest BCUT2D eigenvalue weighted by molar-refractivity contribution is -0.124. The van der Waals surface area contributed by atoms with Crippen molar-refractivity contribution in [1.29, 1.82) is 0 Å². The average Bonchev–Trinajstić information content (AvgIpc) is 2.25. The smallest absolute Gasteiger partial charge is 0.220 e. The van der Waals surface area contributed by atoms with E-state index in [-0.39, 0.29) is 11.4 Å². The summed E-state index contributed by atoms with van der Waals surface area (Å²) >= 11 is 3.44. The van der Waals surface area contributed by atoms with Crippen LogP contribution in [0, 0.1) is 0 Å². The van der Waals surface area contributed by atoms with Crippen LogP contribution in [0.1, 0.15) is 44.6 Å². The Morgan fingerprint density at radius 3 is 2.47 bits per heavy atom. The molecule has 1 N–H and O–H groups in total. The Hall–Kier alpha value is -0.830. The van der Waals surface area contributed by atoms with Crippen LogP contribution in [0.3, 0.4) is 0 Å². The van der Waals surface area contributed by atoms with Crippen molar-refractivity contribution in [2.75, 3.05) is 0 Å². The lowest BCUT2D eigenvalue weighted by Crippen LogP contribution is -2.50. The van der Waals surface area contributed by atoms with Crippen LogP contribution in [0.2, 0.25) is 0 Å². The Morgan fingerprint density at radius 2 is 2.00 bits per heavy atom. The Kier molecular flexibility index (Phi) is 3.87. The quantitative estimate of drug-likeness (QED) is 0.901. The molecule has 2 nitrogen and oxygen atoms in total. The summed E-state index contributed by atoms with van der Waals surface area (Å²) in [7, 11) is 0. The van der Waals surface area contributed by atoms with Crippen molar-refractivity contribution in [2.24, 2.45) is 0 Å². The highest BCUT2D eigenvalue weighted by Gasteiger charge is 2.39.